The zero-order chi connectivity index (χ0) is 18.0. The highest BCUT2D eigenvalue weighted by atomic mass is 35.5. The van der Waals surface area contributed by atoms with Gasteiger partial charge in [-0.15, -0.1) is 0 Å². The summed E-state index contributed by atoms with van der Waals surface area (Å²) >= 11 is 12.0. The van der Waals surface area contributed by atoms with Crippen LogP contribution in [0.1, 0.15) is 18.4 Å². The molecule has 0 unspecified atom stereocenters. The average Bonchev–Trinajstić information content (AvgIpc) is 3.36. The highest BCUT2D eigenvalue weighted by molar-refractivity contribution is 6.42. The Bertz CT molecular complexity index is 900. The highest BCUT2D eigenvalue weighted by Crippen LogP contribution is 2.49. The summed E-state index contributed by atoms with van der Waals surface area (Å²) in [6.07, 6.45) is 4.75. The summed E-state index contributed by atoms with van der Waals surface area (Å²) in [5, 5.41) is 5.26. The molecule has 0 N–H and O–H groups in total. The molecule has 3 fully saturated rings. The molecule has 8 heteroatoms. The Morgan fingerprint density at radius 3 is 2.42 bits per heavy atom. The van der Waals surface area contributed by atoms with Crippen molar-refractivity contribution in [2.45, 2.75) is 31.6 Å². The van der Waals surface area contributed by atoms with Gasteiger partial charge in [0.05, 0.1) is 52.5 Å². The quantitative estimate of drug-likeness (QED) is 0.754. The third-order valence-corrected chi connectivity index (χ3v) is 6.23. The molecule has 1 aromatic heterocycles. The number of hydrogen-bond acceptors (Lipinski definition) is 4. The second kappa shape index (κ2) is 5.81. The summed E-state index contributed by atoms with van der Waals surface area (Å²) in [5.74, 6) is -0.998. The topological polar surface area (TPSA) is 64.4 Å². The SMILES string of the molecule is O=C1[C@@H]2[C@H](C(=O)N1c1cnn(Cc3ccc(Cl)c(Cl)c3)c1)[C@H]1CC[C@H]2O1. The minimum Gasteiger partial charge on any atom is -0.373 e. The molecule has 3 aliphatic heterocycles. The minimum absolute atomic E-state index is 0.113. The molecule has 6 nitrogen and oxygen atoms in total. The molecule has 5 rings (SSSR count). The summed E-state index contributed by atoms with van der Waals surface area (Å²) in [6, 6.07) is 5.37. The molecule has 4 heterocycles. The van der Waals surface area contributed by atoms with E-state index in [-0.39, 0.29) is 35.9 Å². The molecule has 0 aliphatic carbocycles. The van der Waals surface area contributed by atoms with E-state index < -0.39 is 0 Å². The fraction of sp³-hybridized carbons (Fsp3) is 0.389. The molecule has 0 radical (unpaired) electrons. The van der Waals surface area contributed by atoms with Gasteiger partial charge in [-0.2, -0.15) is 5.10 Å². The van der Waals surface area contributed by atoms with Crippen LogP contribution in [0.4, 0.5) is 5.69 Å². The number of carbonyl (C=O) groups is 2. The second-order valence-corrected chi connectivity index (χ2v) is 7.81. The Labute approximate surface area is 159 Å². The lowest BCUT2D eigenvalue weighted by Crippen LogP contribution is -2.33. The number of fused-ring (bicyclic) bond motifs is 5. The maximum Gasteiger partial charge on any atom is 0.240 e. The summed E-state index contributed by atoms with van der Waals surface area (Å²) in [7, 11) is 0. The number of benzene rings is 1. The van der Waals surface area contributed by atoms with Crippen LogP contribution in [0.5, 0.6) is 0 Å². The van der Waals surface area contributed by atoms with Gasteiger partial charge in [0.1, 0.15) is 0 Å². The minimum atomic E-state index is -0.334. The molecule has 3 aliphatic rings. The summed E-state index contributed by atoms with van der Waals surface area (Å²) in [4.78, 5) is 26.9. The van der Waals surface area contributed by atoms with Crippen LogP contribution in [0.25, 0.3) is 0 Å². The fourth-order valence-corrected chi connectivity index (χ4v) is 4.67. The summed E-state index contributed by atoms with van der Waals surface area (Å²) < 4.78 is 7.43. The van der Waals surface area contributed by atoms with Crippen LogP contribution in [-0.4, -0.2) is 33.8 Å². The molecule has 26 heavy (non-hydrogen) atoms. The van der Waals surface area contributed by atoms with E-state index in [1.165, 1.54) is 4.90 Å². The number of rotatable bonds is 3. The van der Waals surface area contributed by atoms with E-state index in [2.05, 4.69) is 5.10 Å². The fourth-order valence-electron chi connectivity index (χ4n) is 4.35. The maximum absolute atomic E-state index is 12.8. The predicted octanol–water partition coefficient (Wildman–Crippen LogP) is 2.91. The van der Waals surface area contributed by atoms with Gasteiger partial charge in [0.25, 0.3) is 0 Å². The third kappa shape index (κ3) is 2.32. The summed E-state index contributed by atoms with van der Waals surface area (Å²) in [6.45, 7) is 0.467. The van der Waals surface area contributed by atoms with E-state index in [4.69, 9.17) is 27.9 Å². The number of halogens is 2. The van der Waals surface area contributed by atoms with E-state index in [1.54, 1.807) is 29.2 Å². The van der Waals surface area contributed by atoms with Gasteiger partial charge in [-0.1, -0.05) is 29.3 Å². The lowest BCUT2D eigenvalue weighted by atomic mass is 9.81. The first kappa shape index (κ1) is 16.3. The van der Waals surface area contributed by atoms with Crippen molar-refractivity contribution in [1.82, 2.24) is 9.78 Å². The molecular weight excluding hydrogens is 377 g/mol. The molecule has 0 saturated carbocycles. The first-order valence-electron chi connectivity index (χ1n) is 8.52. The monoisotopic (exact) mass is 391 g/mol. The van der Waals surface area contributed by atoms with Crippen molar-refractivity contribution in [1.29, 1.82) is 0 Å². The molecule has 2 aromatic rings. The van der Waals surface area contributed by atoms with Crippen molar-refractivity contribution in [2.24, 2.45) is 11.8 Å². The second-order valence-electron chi connectivity index (χ2n) is 7.00. The number of anilines is 1. The van der Waals surface area contributed by atoms with Gasteiger partial charge >= 0.3 is 0 Å². The van der Waals surface area contributed by atoms with E-state index >= 15 is 0 Å². The standard InChI is InChI=1S/C18H15Cl2N3O3/c19-11-2-1-9(5-12(11)20)7-22-8-10(6-21-22)23-17(24)15-13-3-4-14(26-13)16(15)18(23)25/h1-2,5-6,8,13-16H,3-4,7H2/t13-,14-,15-,16+/m1/s1. The Hall–Kier alpha value is -1.89. The van der Waals surface area contributed by atoms with E-state index in [0.29, 0.717) is 22.3 Å². The predicted molar refractivity (Wildman–Crippen MR) is 95.2 cm³/mol. The number of imide groups is 1. The lowest BCUT2D eigenvalue weighted by Gasteiger charge is -2.15. The molecular formula is C18H15Cl2N3O3. The molecule has 4 atom stereocenters. The molecule has 0 spiro atoms. The van der Waals surface area contributed by atoms with Gasteiger partial charge < -0.3 is 4.74 Å². The molecule has 2 bridgehead atoms. The van der Waals surface area contributed by atoms with Crippen LogP contribution < -0.4 is 4.90 Å². The van der Waals surface area contributed by atoms with E-state index in [0.717, 1.165) is 18.4 Å². The largest absolute Gasteiger partial charge is 0.373 e. The Balaban J connectivity index is 1.39. The molecule has 1 aromatic carbocycles. The van der Waals surface area contributed by atoms with Gasteiger partial charge in [-0.05, 0) is 30.5 Å². The van der Waals surface area contributed by atoms with Gasteiger partial charge in [0, 0.05) is 6.20 Å². The normalized spacial score (nSPS) is 29.7. The highest BCUT2D eigenvalue weighted by Gasteiger charge is 2.62. The van der Waals surface area contributed by atoms with Crippen LogP contribution in [0.2, 0.25) is 10.0 Å². The maximum atomic E-state index is 12.8. The number of amides is 2. The van der Waals surface area contributed by atoms with Crippen molar-refractivity contribution in [3.63, 3.8) is 0 Å². The van der Waals surface area contributed by atoms with Crippen molar-refractivity contribution < 1.29 is 14.3 Å². The van der Waals surface area contributed by atoms with Gasteiger partial charge in [-0.25, -0.2) is 4.90 Å². The van der Waals surface area contributed by atoms with Crippen molar-refractivity contribution >= 4 is 40.7 Å². The van der Waals surface area contributed by atoms with Crippen molar-refractivity contribution in [2.75, 3.05) is 4.90 Å². The van der Waals surface area contributed by atoms with Crippen LogP contribution >= 0.6 is 23.2 Å². The zero-order valence-electron chi connectivity index (χ0n) is 13.6. The Kier molecular flexibility index (Phi) is 3.64. The van der Waals surface area contributed by atoms with Gasteiger partial charge in [0.2, 0.25) is 11.8 Å². The molecule has 2 amide bonds. The zero-order valence-corrected chi connectivity index (χ0v) is 15.2. The first-order valence-corrected chi connectivity index (χ1v) is 9.28. The van der Waals surface area contributed by atoms with E-state index in [1.807, 2.05) is 6.07 Å². The molecule has 134 valence electrons. The van der Waals surface area contributed by atoms with Gasteiger partial charge in [-0.3, -0.25) is 14.3 Å². The molecule has 3 saturated heterocycles. The number of carbonyl (C=O) groups excluding carboxylic acids is 2. The Morgan fingerprint density at radius 1 is 1.08 bits per heavy atom. The van der Waals surface area contributed by atoms with E-state index in [9.17, 15) is 9.59 Å². The van der Waals surface area contributed by atoms with Crippen LogP contribution in [-0.2, 0) is 20.9 Å². The lowest BCUT2D eigenvalue weighted by molar-refractivity contribution is -0.124. The van der Waals surface area contributed by atoms with Crippen molar-refractivity contribution in [3.8, 4) is 0 Å². The summed E-state index contributed by atoms with van der Waals surface area (Å²) in [5.41, 5.74) is 1.44. The number of ether oxygens (including phenoxy) is 1. The third-order valence-electron chi connectivity index (χ3n) is 5.49. The first-order chi connectivity index (χ1) is 12.5. The van der Waals surface area contributed by atoms with Gasteiger partial charge in [0.15, 0.2) is 0 Å². The smallest absolute Gasteiger partial charge is 0.240 e. The van der Waals surface area contributed by atoms with Crippen LogP contribution in [0.3, 0.4) is 0 Å². The van der Waals surface area contributed by atoms with Crippen LogP contribution in [0, 0.1) is 11.8 Å². The number of hydrogen-bond donors (Lipinski definition) is 0. The van der Waals surface area contributed by atoms with Crippen molar-refractivity contribution in [3.05, 3.63) is 46.2 Å². The number of nitrogens with zero attached hydrogens (tertiary/aromatic N) is 3. The Morgan fingerprint density at radius 2 is 1.77 bits per heavy atom. The average molecular weight is 392 g/mol. The number of aromatic nitrogens is 2. The van der Waals surface area contributed by atoms with Crippen LogP contribution in [0.15, 0.2) is 30.6 Å².